The maximum Gasteiger partial charge on any atom is 0.303 e. The number of rotatable bonds is 5. The lowest BCUT2D eigenvalue weighted by Crippen LogP contribution is -2.62. The van der Waals surface area contributed by atoms with E-state index in [9.17, 15) is 35.4 Å². The summed E-state index contributed by atoms with van der Waals surface area (Å²) >= 11 is 0. The Labute approximate surface area is 284 Å². The van der Waals surface area contributed by atoms with Crippen LogP contribution in [0.5, 0.6) is 0 Å². The van der Waals surface area contributed by atoms with E-state index in [1.807, 2.05) is 0 Å². The molecule has 2 saturated heterocycles. The van der Waals surface area contributed by atoms with Gasteiger partial charge in [0.2, 0.25) is 0 Å². The smallest absolute Gasteiger partial charge is 0.303 e. The van der Waals surface area contributed by atoms with Gasteiger partial charge in [0.25, 0.3) is 0 Å². The van der Waals surface area contributed by atoms with Gasteiger partial charge in [-0.15, -0.1) is 0 Å². The van der Waals surface area contributed by atoms with E-state index >= 15 is 0 Å². The normalized spacial score (nSPS) is 56.1. The molecule has 11 heteroatoms. The zero-order valence-electron chi connectivity index (χ0n) is 30.0. The number of ether oxygens (including phenoxy) is 4. The van der Waals surface area contributed by atoms with Gasteiger partial charge in [-0.3, -0.25) is 4.79 Å². The van der Waals surface area contributed by atoms with Gasteiger partial charge in [0.15, 0.2) is 18.2 Å². The van der Waals surface area contributed by atoms with Crippen molar-refractivity contribution in [3.8, 4) is 0 Å². The molecule has 7 rings (SSSR count). The topological polar surface area (TPSA) is 175 Å². The zero-order chi connectivity index (χ0) is 35.2. The van der Waals surface area contributed by atoms with E-state index in [0.717, 1.165) is 44.9 Å². The lowest BCUT2D eigenvalue weighted by atomic mass is 9.41. The fraction of sp³-hybridized carbons (Fsp3) is 0.973. The molecule has 7 fully saturated rings. The maximum atomic E-state index is 12.6. The lowest BCUT2D eigenvalue weighted by molar-refractivity contribution is -0.342. The molecule has 2 heterocycles. The van der Waals surface area contributed by atoms with Crippen molar-refractivity contribution in [2.45, 2.75) is 167 Å². The Kier molecular flexibility index (Phi) is 8.01. The molecule has 0 aromatic heterocycles. The molecule has 5 saturated carbocycles. The number of carbonyl (C=O) groups excluding carboxylic acids is 1. The number of hydrogen-bond acceptors (Lipinski definition) is 11. The van der Waals surface area contributed by atoms with Gasteiger partial charge in [-0.25, -0.2) is 0 Å². The summed E-state index contributed by atoms with van der Waals surface area (Å²) in [6.07, 6.45) is -0.902. The summed E-state index contributed by atoms with van der Waals surface area (Å²) in [6, 6.07) is 0. The maximum absolute atomic E-state index is 12.6. The summed E-state index contributed by atoms with van der Waals surface area (Å²) in [5.74, 6) is -2.26. The van der Waals surface area contributed by atoms with E-state index in [-0.39, 0.29) is 46.7 Å². The molecule has 2 spiro atoms. The number of fused-ring (bicyclic) bond motifs is 4. The summed E-state index contributed by atoms with van der Waals surface area (Å²) in [4.78, 5) is 12.1. The second-order valence-corrected chi connectivity index (χ2v) is 18.8. The highest BCUT2D eigenvalue weighted by atomic mass is 16.7. The molecular weight excluding hydrogens is 620 g/mol. The third kappa shape index (κ3) is 4.41. The number of aliphatic hydroxyl groups is 6. The van der Waals surface area contributed by atoms with Gasteiger partial charge in [-0.2, -0.15) is 0 Å². The van der Waals surface area contributed by atoms with Crippen LogP contribution in [0.25, 0.3) is 0 Å². The van der Waals surface area contributed by atoms with Crippen LogP contribution in [0, 0.1) is 50.7 Å². The Hall–Kier alpha value is -0.890. The average Bonchev–Trinajstić information content (AvgIpc) is 3.62. The van der Waals surface area contributed by atoms with Crippen LogP contribution in [-0.4, -0.2) is 104 Å². The first-order chi connectivity index (χ1) is 22.1. The van der Waals surface area contributed by atoms with Gasteiger partial charge in [0, 0.05) is 18.3 Å². The van der Waals surface area contributed by atoms with Crippen LogP contribution in [0.15, 0.2) is 0 Å². The van der Waals surface area contributed by atoms with Gasteiger partial charge < -0.3 is 49.6 Å². The summed E-state index contributed by atoms with van der Waals surface area (Å²) in [5, 5.41) is 67.0. The summed E-state index contributed by atoms with van der Waals surface area (Å²) in [7, 11) is 0. The largest absolute Gasteiger partial charge is 0.457 e. The second-order valence-electron chi connectivity index (χ2n) is 18.8. The third-order valence-electron chi connectivity index (χ3n) is 15.9. The molecule has 5 aliphatic carbocycles. The van der Waals surface area contributed by atoms with Gasteiger partial charge in [-0.05, 0) is 105 Å². The molecule has 274 valence electrons. The average molecular weight is 681 g/mol. The first-order valence-electron chi connectivity index (χ1n) is 18.4. The SMILES string of the molecule is CC(=O)O[C@@H]([C@H]1C[C@@H](C)[C@H]2[C@](O)(O1)[C@H](O)[C@@]1(C)[C@@H]3CC[C@H]4C(C)(C)[C@@H](O[C@@H]5OC[C@@H](O)[C@H](O)[C@H]5O)CC[C@@]45C[C@@]35CC[C@]21C)C(C)(C)O. The van der Waals surface area contributed by atoms with Gasteiger partial charge in [0.1, 0.15) is 30.5 Å². The molecule has 48 heavy (non-hydrogen) atoms. The Morgan fingerprint density at radius 3 is 2.23 bits per heavy atom. The van der Waals surface area contributed by atoms with Crippen molar-refractivity contribution >= 4 is 5.97 Å². The third-order valence-corrected chi connectivity index (χ3v) is 15.9. The van der Waals surface area contributed by atoms with E-state index in [1.165, 1.54) is 6.92 Å². The second kappa shape index (κ2) is 10.8. The van der Waals surface area contributed by atoms with Crippen LogP contribution < -0.4 is 0 Å². The molecule has 0 aromatic rings. The van der Waals surface area contributed by atoms with E-state index in [4.69, 9.17) is 18.9 Å². The van der Waals surface area contributed by atoms with Crippen LogP contribution >= 0.6 is 0 Å². The number of aliphatic hydroxyl groups excluding tert-OH is 4. The van der Waals surface area contributed by atoms with Gasteiger partial charge in [0.05, 0.1) is 18.3 Å². The molecule has 0 unspecified atom stereocenters. The van der Waals surface area contributed by atoms with Crippen molar-refractivity contribution in [3.63, 3.8) is 0 Å². The molecule has 11 nitrogen and oxygen atoms in total. The van der Waals surface area contributed by atoms with Crippen LogP contribution in [0.4, 0.5) is 0 Å². The quantitative estimate of drug-likeness (QED) is 0.186. The molecule has 0 bridgehead atoms. The minimum absolute atomic E-state index is 0.0222. The number of carbonyl (C=O) groups is 1. The summed E-state index contributed by atoms with van der Waals surface area (Å²) in [6.45, 7) is 15.4. The summed E-state index contributed by atoms with van der Waals surface area (Å²) in [5.41, 5.74) is -2.59. The first kappa shape index (κ1) is 35.5. The van der Waals surface area contributed by atoms with Crippen molar-refractivity contribution in [2.24, 2.45) is 50.7 Å². The van der Waals surface area contributed by atoms with Crippen molar-refractivity contribution < 1.29 is 54.4 Å². The van der Waals surface area contributed by atoms with Crippen molar-refractivity contribution in [2.75, 3.05) is 6.61 Å². The lowest BCUT2D eigenvalue weighted by Gasteiger charge is -2.63. The fourth-order valence-electron chi connectivity index (χ4n) is 13.8. The van der Waals surface area contributed by atoms with Gasteiger partial charge in [-0.1, -0.05) is 34.6 Å². The Bertz CT molecular complexity index is 1300. The number of hydrogen-bond donors (Lipinski definition) is 6. The van der Waals surface area contributed by atoms with Crippen LogP contribution in [0.1, 0.15) is 107 Å². The van der Waals surface area contributed by atoms with E-state index in [0.29, 0.717) is 12.3 Å². The Morgan fingerprint density at radius 2 is 1.58 bits per heavy atom. The minimum Gasteiger partial charge on any atom is -0.457 e. The van der Waals surface area contributed by atoms with Gasteiger partial charge >= 0.3 is 5.97 Å². The minimum atomic E-state index is -1.86. The predicted octanol–water partition coefficient (Wildman–Crippen LogP) is 2.65. The Balaban J connectivity index is 1.17. The molecule has 17 atom stereocenters. The monoisotopic (exact) mass is 680 g/mol. The molecule has 0 aromatic carbocycles. The van der Waals surface area contributed by atoms with Crippen LogP contribution in [0.3, 0.4) is 0 Å². The highest BCUT2D eigenvalue weighted by molar-refractivity contribution is 5.66. The highest BCUT2D eigenvalue weighted by Gasteiger charge is 2.86. The zero-order valence-corrected chi connectivity index (χ0v) is 30.0. The molecule has 0 amide bonds. The molecule has 7 aliphatic rings. The number of esters is 1. The fourth-order valence-corrected chi connectivity index (χ4v) is 13.8. The highest BCUT2D eigenvalue weighted by Crippen LogP contribution is 2.89. The Morgan fingerprint density at radius 1 is 0.938 bits per heavy atom. The molecule has 0 radical (unpaired) electrons. The van der Waals surface area contributed by atoms with E-state index < -0.39 is 71.1 Å². The van der Waals surface area contributed by atoms with Crippen molar-refractivity contribution in [3.05, 3.63) is 0 Å². The first-order valence-corrected chi connectivity index (χ1v) is 18.4. The van der Waals surface area contributed by atoms with Crippen LogP contribution in [0.2, 0.25) is 0 Å². The van der Waals surface area contributed by atoms with Crippen LogP contribution in [-0.2, 0) is 23.7 Å². The van der Waals surface area contributed by atoms with E-state index in [2.05, 4.69) is 34.6 Å². The molecule has 6 N–H and O–H groups in total. The standard InChI is InChI=1S/C37H60O11/c1-18-15-21(28(32(5,6)43)46-19(2)38)48-37(44)27(18)33(7)13-14-36-17-35(36)12-11-24(47-29-26(41)25(40)20(39)16-45-29)31(3,4)22(35)9-10-23(36)34(33,8)30(37)42/h18,20-30,39-44H,9-17H2,1-8H3/t18-,20-,21-,22+,23+,24+,25+,26-,27-,28+,29+,30-,33-,34-,35-,36+,37+/m1/s1. The van der Waals surface area contributed by atoms with Crippen molar-refractivity contribution in [1.82, 2.24) is 0 Å². The molecule has 2 aliphatic heterocycles. The van der Waals surface area contributed by atoms with Crippen molar-refractivity contribution in [1.29, 1.82) is 0 Å². The predicted molar refractivity (Wildman–Crippen MR) is 172 cm³/mol. The summed E-state index contributed by atoms with van der Waals surface area (Å²) < 4.78 is 24.2. The molecular formula is C37H60O11. The van der Waals surface area contributed by atoms with E-state index in [1.54, 1.807) is 13.8 Å².